The highest BCUT2D eigenvalue weighted by Crippen LogP contribution is 2.17. The van der Waals surface area contributed by atoms with Crippen LogP contribution in [0.2, 0.25) is 0 Å². The Balaban J connectivity index is 1.67. The Hall–Kier alpha value is -2.88. The van der Waals surface area contributed by atoms with Gasteiger partial charge in [0.05, 0.1) is 0 Å². The van der Waals surface area contributed by atoms with Crippen molar-refractivity contribution < 1.29 is 0 Å². The third kappa shape index (κ3) is 4.30. The second kappa shape index (κ2) is 6.92. The standard InChI is InChI=1S/C19H20N4/c1-14-5-3-7-16(9-14)12-20-18-11-19(22-13-21-18)23-17-8-4-6-15(2)10-17/h3-11,13H,12H2,1-2H3,(H2,20,21,22,23). The predicted octanol–water partition coefficient (Wildman–Crippen LogP) is 4.45. The molecule has 4 heteroatoms. The van der Waals surface area contributed by atoms with E-state index in [9.17, 15) is 0 Å². The van der Waals surface area contributed by atoms with Crippen molar-refractivity contribution in [2.24, 2.45) is 0 Å². The fourth-order valence-corrected chi connectivity index (χ4v) is 2.41. The van der Waals surface area contributed by atoms with Crippen LogP contribution in [0.15, 0.2) is 60.9 Å². The number of aryl methyl sites for hydroxylation is 2. The number of hydrogen-bond donors (Lipinski definition) is 2. The molecule has 0 aliphatic carbocycles. The molecule has 1 aromatic heterocycles. The number of aromatic nitrogens is 2. The molecule has 2 aromatic carbocycles. The van der Waals surface area contributed by atoms with Gasteiger partial charge in [0.1, 0.15) is 18.0 Å². The van der Waals surface area contributed by atoms with Crippen molar-refractivity contribution in [3.8, 4) is 0 Å². The zero-order valence-electron chi connectivity index (χ0n) is 13.4. The number of anilines is 3. The lowest BCUT2D eigenvalue weighted by molar-refractivity contribution is 1.08. The average molecular weight is 304 g/mol. The Kier molecular flexibility index (Phi) is 4.52. The summed E-state index contributed by atoms with van der Waals surface area (Å²) in [6.07, 6.45) is 1.57. The second-order valence-electron chi connectivity index (χ2n) is 5.63. The predicted molar refractivity (Wildman–Crippen MR) is 95.0 cm³/mol. The molecule has 0 unspecified atom stereocenters. The summed E-state index contributed by atoms with van der Waals surface area (Å²) in [6, 6.07) is 18.5. The zero-order chi connectivity index (χ0) is 16.1. The van der Waals surface area contributed by atoms with E-state index in [1.54, 1.807) is 6.33 Å². The number of benzene rings is 2. The monoisotopic (exact) mass is 304 g/mol. The van der Waals surface area contributed by atoms with Crippen LogP contribution in [-0.2, 0) is 6.54 Å². The molecule has 0 bridgehead atoms. The van der Waals surface area contributed by atoms with Gasteiger partial charge in [0, 0.05) is 18.3 Å². The van der Waals surface area contributed by atoms with Crippen LogP contribution in [0.5, 0.6) is 0 Å². The molecule has 0 aliphatic heterocycles. The van der Waals surface area contributed by atoms with Crippen molar-refractivity contribution in [3.05, 3.63) is 77.6 Å². The molecular formula is C19H20N4. The van der Waals surface area contributed by atoms with Gasteiger partial charge < -0.3 is 10.6 Å². The minimum atomic E-state index is 0.739. The summed E-state index contributed by atoms with van der Waals surface area (Å²) < 4.78 is 0. The molecule has 0 fully saturated rings. The molecule has 3 aromatic rings. The van der Waals surface area contributed by atoms with Crippen LogP contribution in [0.4, 0.5) is 17.3 Å². The van der Waals surface area contributed by atoms with E-state index in [0.29, 0.717) is 0 Å². The summed E-state index contributed by atoms with van der Waals surface area (Å²) in [5.41, 5.74) is 4.72. The van der Waals surface area contributed by atoms with E-state index in [1.807, 2.05) is 18.2 Å². The third-order valence-electron chi connectivity index (χ3n) is 3.51. The maximum absolute atomic E-state index is 4.27. The fraction of sp³-hybridized carbons (Fsp3) is 0.158. The van der Waals surface area contributed by atoms with Crippen molar-refractivity contribution >= 4 is 17.3 Å². The van der Waals surface area contributed by atoms with E-state index in [-0.39, 0.29) is 0 Å². The number of hydrogen-bond acceptors (Lipinski definition) is 4. The molecule has 0 saturated heterocycles. The van der Waals surface area contributed by atoms with Crippen molar-refractivity contribution in [1.82, 2.24) is 9.97 Å². The van der Waals surface area contributed by atoms with Crippen LogP contribution in [0, 0.1) is 13.8 Å². The van der Waals surface area contributed by atoms with E-state index in [0.717, 1.165) is 23.9 Å². The molecule has 0 aliphatic rings. The molecule has 0 atom stereocenters. The largest absolute Gasteiger partial charge is 0.366 e. The summed E-state index contributed by atoms with van der Waals surface area (Å²) in [4.78, 5) is 8.55. The molecule has 0 spiro atoms. The van der Waals surface area contributed by atoms with Crippen molar-refractivity contribution in [1.29, 1.82) is 0 Å². The lowest BCUT2D eigenvalue weighted by Gasteiger charge is -2.09. The number of nitrogens with zero attached hydrogens (tertiary/aromatic N) is 2. The first-order valence-corrected chi connectivity index (χ1v) is 7.64. The molecule has 2 N–H and O–H groups in total. The fourth-order valence-electron chi connectivity index (χ4n) is 2.41. The van der Waals surface area contributed by atoms with Crippen molar-refractivity contribution in [2.45, 2.75) is 20.4 Å². The lowest BCUT2D eigenvalue weighted by Crippen LogP contribution is -2.03. The first-order valence-electron chi connectivity index (χ1n) is 7.64. The van der Waals surface area contributed by atoms with Gasteiger partial charge in [0.25, 0.3) is 0 Å². The van der Waals surface area contributed by atoms with E-state index in [2.05, 4.69) is 70.8 Å². The molecule has 1 heterocycles. The molecule has 4 nitrogen and oxygen atoms in total. The van der Waals surface area contributed by atoms with Gasteiger partial charge in [-0.15, -0.1) is 0 Å². The van der Waals surface area contributed by atoms with E-state index in [1.165, 1.54) is 16.7 Å². The highest BCUT2D eigenvalue weighted by atomic mass is 15.1. The maximum atomic E-state index is 4.27. The molecular weight excluding hydrogens is 284 g/mol. The summed E-state index contributed by atoms with van der Waals surface area (Å²) in [5, 5.41) is 6.64. The van der Waals surface area contributed by atoms with Gasteiger partial charge in [-0.05, 0) is 37.1 Å². The lowest BCUT2D eigenvalue weighted by atomic mass is 10.1. The Morgan fingerprint density at radius 3 is 2.35 bits per heavy atom. The Morgan fingerprint density at radius 1 is 0.826 bits per heavy atom. The minimum Gasteiger partial charge on any atom is -0.366 e. The van der Waals surface area contributed by atoms with Gasteiger partial charge in [0.15, 0.2) is 0 Å². The molecule has 23 heavy (non-hydrogen) atoms. The van der Waals surface area contributed by atoms with Gasteiger partial charge >= 0.3 is 0 Å². The summed E-state index contributed by atoms with van der Waals surface area (Å²) in [6.45, 7) is 4.90. The van der Waals surface area contributed by atoms with Crippen molar-refractivity contribution in [3.63, 3.8) is 0 Å². The average Bonchev–Trinajstić information content (AvgIpc) is 2.53. The van der Waals surface area contributed by atoms with Crippen LogP contribution in [0.25, 0.3) is 0 Å². The highest BCUT2D eigenvalue weighted by molar-refractivity contribution is 5.59. The van der Waals surface area contributed by atoms with Crippen LogP contribution < -0.4 is 10.6 Å². The minimum absolute atomic E-state index is 0.739. The van der Waals surface area contributed by atoms with Gasteiger partial charge in [-0.3, -0.25) is 0 Å². The molecule has 0 radical (unpaired) electrons. The van der Waals surface area contributed by atoms with Crippen LogP contribution in [0.1, 0.15) is 16.7 Å². The molecule has 3 rings (SSSR count). The Morgan fingerprint density at radius 2 is 1.57 bits per heavy atom. The normalized spacial score (nSPS) is 10.3. The third-order valence-corrected chi connectivity index (χ3v) is 3.51. The summed E-state index contributed by atoms with van der Waals surface area (Å²) in [5.74, 6) is 1.58. The van der Waals surface area contributed by atoms with Gasteiger partial charge in [-0.25, -0.2) is 9.97 Å². The highest BCUT2D eigenvalue weighted by Gasteiger charge is 2.01. The van der Waals surface area contributed by atoms with Crippen LogP contribution in [0.3, 0.4) is 0 Å². The Bertz CT molecular complexity index is 799. The summed E-state index contributed by atoms with van der Waals surface area (Å²) in [7, 11) is 0. The number of nitrogens with one attached hydrogen (secondary N) is 2. The topological polar surface area (TPSA) is 49.8 Å². The Labute approximate surface area is 136 Å². The first-order chi connectivity index (χ1) is 11.2. The van der Waals surface area contributed by atoms with E-state index in [4.69, 9.17) is 0 Å². The van der Waals surface area contributed by atoms with E-state index < -0.39 is 0 Å². The quantitative estimate of drug-likeness (QED) is 0.731. The summed E-state index contributed by atoms with van der Waals surface area (Å²) >= 11 is 0. The van der Waals surface area contributed by atoms with E-state index >= 15 is 0 Å². The second-order valence-corrected chi connectivity index (χ2v) is 5.63. The van der Waals surface area contributed by atoms with Crippen LogP contribution >= 0.6 is 0 Å². The smallest absolute Gasteiger partial charge is 0.135 e. The van der Waals surface area contributed by atoms with Gasteiger partial charge in [-0.1, -0.05) is 42.0 Å². The molecule has 0 amide bonds. The molecule has 0 saturated carbocycles. The molecule has 116 valence electrons. The first kappa shape index (κ1) is 15.0. The van der Waals surface area contributed by atoms with Crippen molar-refractivity contribution in [2.75, 3.05) is 10.6 Å². The maximum Gasteiger partial charge on any atom is 0.135 e. The SMILES string of the molecule is Cc1cccc(CNc2cc(Nc3cccc(C)c3)ncn2)c1. The van der Waals surface area contributed by atoms with Crippen LogP contribution in [-0.4, -0.2) is 9.97 Å². The van der Waals surface area contributed by atoms with Gasteiger partial charge in [0.2, 0.25) is 0 Å². The number of rotatable bonds is 5. The van der Waals surface area contributed by atoms with Gasteiger partial charge in [-0.2, -0.15) is 0 Å². The zero-order valence-corrected chi connectivity index (χ0v) is 13.4.